The molecule has 1 aromatic rings. The first-order chi connectivity index (χ1) is 11.7. The molecule has 0 aliphatic heterocycles. The maximum atomic E-state index is 2.44. The molecule has 0 bridgehead atoms. The number of benzene rings is 1. The Labute approximate surface area is 159 Å². The molecule has 1 aromatic carbocycles. The summed E-state index contributed by atoms with van der Waals surface area (Å²) in [7, 11) is 0. The highest BCUT2D eigenvalue weighted by Gasteiger charge is 2.17. The lowest BCUT2D eigenvalue weighted by molar-refractivity contribution is 0.341. The average Bonchev–Trinajstić information content (AvgIpc) is 2.54. The van der Waals surface area contributed by atoms with Crippen LogP contribution in [0.5, 0.6) is 0 Å². The maximum Gasteiger partial charge on any atom is -0.0132 e. The molecule has 1 rings (SSSR count). The molecule has 1 unspecified atom stereocenters. The Morgan fingerprint density at radius 3 is 1.96 bits per heavy atom. The largest absolute Gasteiger partial charge is 0.0683 e. The summed E-state index contributed by atoms with van der Waals surface area (Å²) in [4.78, 5) is 0. The summed E-state index contributed by atoms with van der Waals surface area (Å²) < 4.78 is 0. The van der Waals surface area contributed by atoms with E-state index < -0.39 is 0 Å². The number of rotatable bonds is 9. The van der Waals surface area contributed by atoms with Crippen LogP contribution < -0.4 is 0 Å². The predicted molar refractivity (Wildman–Crippen MR) is 116 cm³/mol. The van der Waals surface area contributed by atoms with Gasteiger partial charge in [-0.25, -0.2) is 0 Å². The Kier molecular flexibility index (Phi) is 12.2. The zero-order valence-electron chi connectivity index (χ0n) is 18.8. The monoisotopic (exact) mass is 346 g/mol. The second-order valence-electron chi connectivity index (χ2n) is 9.19. The van der Waals surface area contributed by atoms with Crippen molar-refractivity contribution in [2.45, 2.75) is 106 Å². The van der Waals surface area contributed by atoms with Gasteiger partial charge >= 0.3 is 0 Å². The van der Waals surface area contributed by atoms with Gasteiger partial charge in [-0.1, -0.05) is 112 Å². The van der Waals surface area contributed by atoms with Gasteiger partial charge in [0.15, 0.2) is 0 Å². The highest BCUT2D eigenvalue weighted by molar-refractivity contribution is 5.28. The Bertz CT molecular complexity index is 434. The van der Waals surface area contributed by atoms with E-state index in [1.54, 1.807) is 0 Å². The molecule has 1 atom stereocenters. The van der Waals surface area contributed by atoms with Crippen LogP contribution in [0.1, 0.15) is 106 Å². The molecule has 0 heteroatoms. The molecular formula is C25H46. The van der Waals surface area contributed by atoms with Crippen LogP contribution in [-0.4, -0.2) is 0 Å². The van der Waals surface area contributed by atoms with Crippen LogP contribution in [0.4, 0.5) is 0 Å². The van der Waals surface area contributed by atoms with E-state index >= 15 is 0 Å². The maximum absolute atomic E-state index is 2.44. The number of hydrogen-bond acceptors (Lipinski definition) is 0. The molecule has 0 aliphatic rings. The molecule has 146 valence electrons. The summed E-state index contributed by atoms with van der Waals surface area (Å²) >= 11 is 0. The van der Waals surface area contributed by atoms with Gasteiger partial charge in [-0.2, -0.15) is 0 Å². The third-order valence-corrected chi connectivity index (χ3v) is 5.09. The van der Waals surface area contributed by atoms with E-state index in [0.29, 0.717) is 0 Å². The highest BCUT2D eigenvalue weighted by atomic mass is 14.2. The van der Waals surface area contributed by atoms with Crippen LogP contribution in [0.3, 0.4) is 0 Å². The van der Waals surface area contributed by atoms with Gasteiger partial charge in [0.05, 0.1) is 0 Å². The van der Waals surface area contributed by atoms with Gasteiger partial charge in [-0.3, -0.25) is 0 Å². The lowest BCUT2D eigenvalue weighted by Gasteiger charge is -2.23. The van der Waals surface area contributed by atoms with Gasteiger partial charge in [0.2, 0.25) is 0 Å². The minimum absolute atomic E-state index is 0.250. The normalized spacial score (nSPS) is 12.9. The summed E-state index contributed by atoms with van der Waals surface area (Å²) in [5, 5.41) is 0. The lowest BCUT2D eigenvalue weighted by Crippen LogP contribution is -2.14. The molecule has 0 fully saturated rings. The fourth-order valence-corrected chi connectivity index (χ4v) is 3.27. The topological polar surface area (TPSA) is 0 Å². The minimum Gasteiger partial charge on any atom is -0.0683 e. The van der Waals surface area contributed by atoms with Crippen molar-refractivity contribution in [1.29, 1.82) is 0 Å². The molecule has 0 saturated carbocycles. The Morgan fingerprint density at radius 1 is 0.840 bits per heavy atom. The van der Waals surface area contributed by atoms with E-state index in [4.69, 9.17) is 0 Å². The van der Waals surface area contributed by atoms with Crippen molar-refractivity contribution >= 4 is 0 Å². The van der Waals surface area contributed by atoms with Crippen molar-refractivity contribution < 1.29 is 0 Å². The van der Waals surface area contributed by atoms with E-state index in [1.165, 1.54) is 49.7 Å². The van der Waals surface area contributed by atoms with Gasteiger partial charge in [0.25, 0.3) is 0 Å². The summed E-state index contributed by atoms with van der Waals surface area (Å²) in [5.74, 6) is 2.46. The van der Waals surface area contributed by atoms with Crippen LogP contribution in [0, 0.1) is 17.8 Å². The Balaban J connectivity index is 0.00000277. The van der Waals surface area contributed by atoms with E-state index in [9.17, 15) is 0 Å². The van der Waals surface area contributed by atoms with E-state index in [0.717, 1.165) is 17.8 Å². The van der Waals surface area contributed by atoms with Gasteiger partial charge in [-0.15, -0.1) is 0 Å². The molecule has 0 radical (unpaired) electrons. The van der Waals surface area contributed by atoms with Gasteiger partial charge in [0.1, 0.15) is 0 Å². The van der Waals surface area contributed by atoms with Gasteiger partial charge < -0.3 is 0 Å². The van der Waals surface area contributed by atoms with E-state index in [2.05, 4.69) is 72.7 Å². The summed E-state index contributed by atoms with van der Waals surface area (Å²) in [6.07, 6.45) is 8.22. The van der Waals surface area contributed by atoms with E-state index in [-0.39, 0.29) is 5.41 Å². The first-order valence-electron chi connectivity index (χ1n) is 10.8. The zero-order valence-corrected chi connectivity index (χ0v) is 18.8. The zero-order chi connectivity index (χ0) is 19.5. The smallest absolute Gasteiger partial charge is 0.0132 e. The molecule has 0 nitrogen and oxygen atoms in total. The van der Waals surface area contributed by atoms with Gasteiger partial charge in [-0.05, 0) is 47.1 Å². The summed E-state index contributed by atoms with van der Waals surface area (Å²) in [5.41, 5.74) is 3.24. The molecule has 25 heavy (non-hydrogen) atoms. The van der Waals surface area contributed by atoms with Crippen molar-refractivity contribution in [3.8, 4) is 0 Å². The van der Waals surface area contributed by atoms with Crippen molar-refractivity contribution in [2.75, 3.05) is 0 Å². The Hall–Kier alpha value is -0.780. The van der Waals surface area contributed by atoms with Crippen LogP contribution in [0.2, 0.25) is 0 Å². The van der Waals surface area contributed by atoms with Crippen LogP contribution in [0.25, 0.3) is 0 Å². The van der Waals surface area contributed by atoms with Crippen LogP contribution in [0.15, 0.2) is 24.3 Å². The summed E-state index contributed by atoms with van der Waals surface area (Å²) in [6, 6.07) is 9.28. The second kappa shape index (κ2) is 12.6. The molecule has 0 spiro atoms. The lowest BCUT2D eigenvalue weighted by atomic mass is 9.82. The third-order valence-electron chi connectivity index (χ3n) is 5.09. The van der Waals surface area contributed by atoms with Gasteiger partial charge in [0, 0.05) is 0 Å². The fraction of sp³-hybridized carbons (Fsp3) is 0.760. The quantitative estimate of drug-likeness (QED) is 0.393. The third kappa shape index (κ3) is 10.7. The molecule has 0 N–H and O–H groups in total. The van der Waals surface area contributed by atoms with E-state index in [1.807, 2.05) is 13.8 Å². The summed E-state index contributed by atoms with van der Waals surface area (Å²) in [6.45, 7) is 20.4. The van der Waals surface area contributed by atoms with Crippen LogP contribution >= 0.6 is 0 Å². The van der Waals surface area contributed by atoms with Crippen molar-refractivity contribution in [3.63, 3.8) is 0 Å². The van der Waals surface area contributed by atoms with Crippen molar-refractivity contribution in [3.05, 3.63) is 35.4 Å². The second-order valence-corrected chi connectivity index (χ2v) is 9.19. The standard InChI is InChI=1S/C23H40.C2H6/c1-18(2)12-9-8-10-14-21(19(3)4)16-20-13-11-15-22(17-20)23(5,6)7;1-2/h11,13,15,17-19,21H,8-10,12,14,16H2,1-7H3;1-2H3. The molecule has 0 heterocycles. The number of hydrogen-bond donors (Lipinski definition) is 0. The highest BCUT2D eigenvalue weighted by Crippen LogP contribution is 2.27. The molecular weight excluding hydrogens is 300 g/mol. The van der Waals surface area contributed by atoms with Crippen molar-refractivity contribution in [1.82, 2.24) is 0 Å². The first kappa shape index (κ1) is 24.2. The minimum atomic E-state index is 0.250. The number of unbranched alkanes of at least 4 members (excludes halogenated alkanes) is 2. The predicted octanol–water partition coefficient (Wildman–Crippen LogP) is 8.43. The SMILES string of the molecule is CC.CC(C)CCCCCC(Cc1cccc(C(C)(C)C)c1)C(C)C. The Morgan fingerprint density at radius 2 is 1.44 bits per heavy atom. The molecule has 0 amide bonds. The first-order valence-corrected chi connectivity index (χ1v) is 10.8. The molecule has 0 aliphatic carbocycles. The molecule has 0 aromatic heterocycles. The molecule has 0 saturated heterocycles. The van der Waals surface area contributed by atoms with Crippen LogP contribution in [-0.2, 0) is 11.8 Å². The fourth-order valence-electron chi connectivity index (χ4n) is 3.27. The van der Waals surface area contributed by atoms with Crippen molar-refractivity contribution in [2.24, 2.45) is 17.8 Å². The average molecular weight is 347 g/mol.